The van der Waals surface area contributed by atoms with Crippen molar-refractivity contribution in [3.63, 3.8) is 0 Å². The number of halogens is 2. The van der Waals surface area contributed by atoms with Gasteiger partial charge in [-0.2, -0.15) is 0 Å². The van der Waals surface area contributed by atoms with Gasteiger partial charge in [-0.25, -0.2) is 22.0 Å². The molecule has 0 radical (unpaired) electrons. The molecule has 0 atom stereocenters. The summed E-state index contributed by atoms with van der Waals surface area (Å²) in [7, 11) is -4.06. The van der Waals surface area contributed by atoms with Crippen molar-refractivity contribution in [3.8, 4) is 0 Å². The highest BCUT2D eigenvalue weighted by Gasteiger charge is 2.22. The molecule has 0 saturated carbocycles. The van der Waals surface area contributed by atoms with Gasteiger partial charge in [-0.1, -0.05) is 0 Å². The summed E-state index contributed by atoms with van der Waals surface area (Å²) in [4.78, 5) is 11.7. The summed E-state index contributed by atoms with van der Waals surface area (Å²) in [5.74, 6) is -4.30. The van der Waals surface area contributed by atoms with Crippen LogP contribution in [0.3, 0.4) is 0 Å². The smallest absolute Gasteiger partial charge is 0.337 e. The monoisotopic (exact) mass is 333 g/mol. The molecule has 5 nitrogen and oxygen atoms in total. The van der Waals surface area contributed by atoms with E-state index in [2.05, 4.69) is 0 Å². The lowest BCUT2D eigenvalue weighted by Crippen LogP contribution is -2.15. The van der Waals surface area contributed by atoms with Gasteiger partial charge in [-0.3, -0.25) is 4.72 Å². The van der Waals surface area contributed by atoms with Gasteiger partial charge in [0.1, 0.15) is 4.21 Å². The average Bonchev–Trinajstić information content (AvgIpc) is 2.80. The van der Waals surface area contributed by atoms with E-state index >= 15 is 0 Å². The number of carbonyl (C=O) groups is 1. The molecule has 2 aromatic rings. The molecule has 0 fully saturated rings. The summed E-state index contributed by atoms with van der Waals surface area (Å²) in [6.07, 6.45) is 0. The summed E-state index contributed by atoms with van der Waals surface area (Å²) < 4.78 is 52.3. The molecule has 0 unspecified atom stereocenters. The number of carboxylic acids is 1. The minimum atomic E-state index is -4.06. The molecule has 0 aliphatic rings. The zero-order valence-electron chi connectivity index (χ0n) is 10.6. The molecule has 0 amide bonds. The Labute approximate surface area is 122 Å². The standard InChI is InChI=1S/C12H9F2NO4S2/c1-6-2-3-11(20-6)21(18,19)15-10-5-9(14)8(13)4-7(10)12(16)17/h2-5,15H,1H3,(H,16,17). The number of hydrogen-bond acceptors (Lipinski definition) is 4. The number of thiophene rings is 1. The lowest BCUT2D eigenvalue weighted by Gasteiger charge is -2.10. The Morgan fingerprint density at radius 3 is 2.38 bits per heavy atom. The molecule has 0 saturated heterocycles. The Balaban J connectivity index is 2.48. The fourth-order valence-electron chi connectivity index (χ4n) is 1.56. The van der Waals surface area contributed by atoms with E-state index in [1.165, 1.54) is 6.07 Å². The van der Waals surface area contributed by atoms with E-state index in [4.69, 9.17) is 5.11 Å². The maximum atomic E-state index is 13.2. The van der Waals surface area contributed by atoms with E-state index < -0.39 is 38.9 Å². The largest absolute Gasteiger partial charge is 0.478 e. The van der Waals surface area contributed by atoms with Crippen LogP contribution in [0.4, 0.5) is 14.5 Å². The van der Waals surface area contributed by atoms with Crippen LogP contribution < -0.4 is 4.72 Å². The lowest BCUT2D eigenvalue weighted by atomic mass is 10.2. The number of benzene rings is 1. The molecule has 112 valence electrons. The maximum Gasteiger partial charge on any atom is 0.337 e. The average molecular weight is 333 g/mol. The molecular weight excluding hydrogens is 324 g/mol. The van der Waals surface area contributed by atoms with Crippen molar-refractivity contribution in [2.75, 3.05) is 4.72 Å². The molecule has 1 heterocycles. The third kappa shape index (κ3) is 3.19. The highest BCUT2D eigenvalue weighted by Crippen LogP contribution is 2.26. The van der Waals surface area contributed by atoms with Crippen molar-refractivity contribution in [2.45, 2.75) is 11.1 Å². The molecule has 0 spiro atoms. The number of rotatable bonds is 4. The molecule has 0 bridgehead atoms. The SMILES string of the molecule is Cc1ccc(S(=O)(=O)Nc2cc(F)c(F)cc2C(=O)O)s1. The Kier molecular flexibility index (Phi) is 3.97. The molecule has 9 heteroatoms. The first-order chi connectivity index (χ1) is 9.70. The highest BCUT2D eigenvalue weighted by atomic mass is 32.2. The van der Waals surface area contributed by atoms with Gasteiger partial charge in [-0.05, 0) is 25.1 Å². The molecule has 1 aromatic heterocycles. The van der Waals surface area contributed by atoms with Crippen LogP contribution >= 0.6 is 11.3 Å². The second-order valence-electron chi connectivity index (χ2n) is 4.09. The van der Waals surface area contributed by atoms with Crippen LogP contribution in [0.2, 0.25) is 0 Å². The van der Waals surface area contributed by atoms with Crippen molar-refractivity contribution in [1.82, 2.24) is 0 Å². The number of carboxylic acid groups (broad SMARTS) is 1. The van der Waals surface area contributed by atoms with E-state index in [0.717, 1.165) is 16.2 Å². The van der Waals surface area contributed by atoms with E-state index in [1.807, 2.05) is 4.72 Å². The third-order valence-electron chi connectivity index (χ3n) is 2.52. The zero-order chi connectivity index (χ0) is 15.8. The van der Waals surface area contributed by atoms with Gasteiger partial charge in [0, 0.05) is 10.9 Å². The predicted molar refractivity (Wildman–Crippen MR) is 73.2 cm³/mol. The Morgan fingerprint density at radius 1 is 1.24 bits per heavy atom. The number of aromatic carboxylic acids is 1. The molecular formula is C12H9F2NO4S2. The fraction of sp³-hybridized carbons (Fsp3) is 0.0833. The van der Waals surface area contributed by atoms with Crippen LogP contribution in [0.15, 0.2) is 28.5 Å². The van der Waals surface area contributed by atoms with Crippen molar-refractivity contribution < 1.29 is 27.1 Å². The number of sulfonamides is 1. The van der Waals surface area contributed by atoms with Crippen LogP contribution in [-0.4, -0.2) is 19.5 Å². The Bertz CT molecular complexity index is 815. The van der Waals surface area contributed by atoms with Gasteiger partial charge in [0.2, 0.25) is 0 Å². The maximum absolute atomic E-state index is 13.2. The second kappa shape index (κ2) is 5.41. The minimum absolute atomic E-state index is 0.0546. The number of anilines is 1. The van der Waals surface area contributed by atoms with Crippen LogP contribution in [0.5, 0.6) is 0 Å². The van der Waals surface area contributed by atoms with Crippen molar-refractivity contribution >= 4 is 33.0 Å². The summed E-state index contributed by atoms with van der Waals surface area (Å²) in [6, 6.07) is 3.83. The van der Waals surface area contributed by atoms with E-state index in [0.29, 0.717) is 12.1 Å². The van der Waals surface area contributed by atoms with E-state index in [-0.39, 0.29) is 4.21 Å². The first-order valence-electron chi connectivity index (χ1n) is 5.52. The topological polar surface area (TPSA) is 83.5 Å². The molecule has 0 aliphatic heterocycles. The molecule has 21 heavy (non-hydrogen) atoms. The molecule has 0 aliphatic carbocycles. The summed E-state index contributed by atoms with van der Waals surface area (Å²) in [5.41, 5.74) is -1.21. The van der Waals surface area contributed by atoms with Crippen molar-refractivity contribution in [2.24, 2.45) is 0 Å². The summed E-state index contributed by atoms with van der Waals surface area (Å²) in [6.45, 7) is 1.70. The van der Waals surface area contributed by atoms with Gasteiger partial charge in [0.15, 0.2) is 11.6 Å². The van der Waals surface area contributed by atoms with Gasteiger partial charge in [-0.15, -0.1) is 11.3 Å². The fourth-order valence-corrected chi connectivity index (χ4v) is 3.91. The van der Waals surface area contributed by atoms with Gasteiger partial charge in [0.25, 0.3) is 10.0 Å². The minimum Gasteiger partial charge on any atom is -0.478 e. The number of nitrogens with one attached hydrogen (secondary N) is 1. The summed E-state index contributed by atoms with van der Waals surface area (Å²) in [5, 5.41) is 8.93. The normalized spacial score (nSPS) is 11.4. The van der Waals surface area contributed by atoms with Gasteiger partial charge in [0.05, 0.1) is 11.3 Å². The van der Waals surface area contributed by atoms with Crippen LogP contribution in [0.1, 0.15) is 15.2 Å². The number of hydrogen-bond donors (Lipinski definition) is 2. The van der Waals surface area contributed by atoms with Crippen molar-refractivity contribution in [3.05, 3.63) is 46.3 Å². The summed E-state index contributed by atoms with van der Waals surface area (Å²) >= 11 is 0.970. The van der Waals surface area contributed by atoms with E-state index in [9.17, 15) is 22.0 Å². The van der Waals surface area contributed by atoms with Crippen molar-refractivity contribution in [1.29, 1.82) is 0 Å². The van der Waals surface area contributed by atoms with Crippen LogP contribution in [0, 0.1) is 18.6 Å². The first-order valence-corrected chi connectivity index (χ1v) is 7.82. The zero-order valence-corrected chi connectivity index (χ0v) is 12.2. The van der Waals surface area contributed by atoms with E-state index in [1.54, 1.807) is 13.0 Å². The molecule has 2 rings (SSSR count). The highest BCUT2D eigenvalue weighted by molar-refractivity contribution is 7.94. The lowest BCUT2D eigenvalue weighted by molar-refractivity contribution is 0.0697. The van der Waals surface area contributed by atoms with Gasteiger partial charge < -0.3 is 5.11 Å². The first kappa shape index (κ1) is 15.4. The molecule has 1 aromatic carbocycles. The van der Waals surface area contributed by atoms with Crippen LogP contribution in [-0.2, 0) is 10.0 Å². The molecule has 2 N–H and O–H groups in total. The Morgan fingerprint density at radius 2 is 1.86 bits per heavy atom. The number of aryl methyl sites for hydroxylation is 1. The predicted octanol–water partition coefficient (Wildman–Crippen LogP) is 2.83. The second-order valence-corrected chi connectivity index (χ2v) is 7.28. The van der Waals surface area contributed by atoms with Gasteiger partial charge >= 0.3 is 5.97 Å². The van der Waals surface area contributed by atoms with Crippen LogP contribution in [0.25, 0.3) is 0 Å². The third-order valence-corrected chi connectivity index (χ3v) is 5.37. The quantitative estimate of drug-likeness (QED) is 0.901. The Hall–Kier alpha value is -2.00.